The number of nitrogens with one attached hydrogen (secondary N) is 1. The molecule has 0 aromatic heterocycles. The third-order valence-corrected chi connectivity index (χ3v) is 2.65. The fraction of sp³-hybridized carbons (Fsp3) is 0.500. The highest BCUT2D eigenvalue weighted by Crippen LogP contribution is 2.23. The van der Waals surface area contributed by atoms with E-state index in [1.54, 1.807) is 6.07 Å². The number of rotatable bonds is 6. The Kier molecular flexibility index (Phi) is 5.33. The molecule has 0 unspecified atom stereocenters. The number of unbranched alkanes of at least 4 members (excludes halogenated alkanes) is 3. The molecule has 15 heavy (non-hydrogen) atoms. The molecular formula is C12H19ClN2. The summed E-state index contributed by atoms with van der Waals surface area (Å²) in [5.41, 5.74) is 7.29. The zero-order valence-electron chi connectivity index (χ0n) is 9.22. The highest BCUT2D eigenvalue weighted by Gasteiger charge is 1.98. The van der Waals surface area contributed by atoms with Gasteiger partial charge in [0, 0.05) is 12.2 Å². The minimum atomic E-state index is 0.700. The van der Waals surface area contributed by atoms with Gasteiger partial charge in [-0.25, -0.2) is 0 Å². The predicted molar refractivity (Wildman–Crippen MR) is 68.5 cm³/mol. The van der Waals surface area contributed by atoms with Crippen LogP contribution in [0.4, 0.5) is 11.4 Å². The standard InChI is InChI=1S/C12H19ClN2/c1-2-3-4-5-8-15-12-7-6-10(14)9-11(12)13/h6-7,9,15H,2-5,8,14H2,1H3. The summed E-state index contributed by atoms with van der Waals surface area (Å²) in [4.78, 5) is 0. The van der Waals surface area contributed by atoms with Gasteiger partial charge in [-0.1, -0.05) is 37.8 Å². The molecule has 0 spiro atoms. The van der Waals surface area contributed by atoms with Crippen LogP contribution in [-0.4, -0.2) is 6.54 Å². The van der Waals surface area contributed by atoms with Crippen LogP contribution in [0.1, 0.15) is 32.6 Å². The van der Waals surface area contributed by atoms with Gasteiger partial charge in [0.1, 0.15) is 0 Å². The van der Waals surface area contributed by atoms with Crippen molar-refractivity contribution in [1.82, 2.24) is 0 Å². The highest BCUT2D eigenvalue weighted by molar-refractivity contribution is 6.33. The van der Waals surface area contributed by atoms with Crippen LogP contribution in [0.3, 0.4) is 0 Å². The molecule has 0 radical (unpaired) electrons. The van der Waals surface area contributed by atoms with Gasteiger partial charge in [0.05, 0.1) is 10.7 Å². The normalized spacial score (nSPS) is 10.3. The second-order valence-corrected chi connectivity index (χ2v) is 4.13. The number of nitrogen functional groups attached to an aromatic ring is 1. The molecule has 1 rings (SSSR count). The smallest absolute Gasteiger partial charge is 0.0657 e. The molecule has 0 saturated heterocycles. The summed E-state index contributed by atoms with van der Waals surface area (Å²) in [6.07, 6.45) is 5.03. The Bertz CT molecular complexity index is 300. The van der Waals surface area contributed by atoms with Gasteiger partial charge < -0.3 is 11.1 Å². The van der Waals surface area contributed by atoms with Crippen LogP contribution in [0.2, 0.25) is 5.02 Å². The Morgan fingerprint density at radius 3 is 2.73 bits per heavy atom. The molecule has 0 aliphatic heterocycles. The average Bonchev–Trinajstić information content (AvgIpc) is 2.20. The fourth-order valence-corrected chi connectivity index (χ4v) is 1.71. The van der Waals surface area contributed by atoms with Crippen molar-refractivity contribution in [3.63, 3.8) is 0 Å². The number of nitrogens with two attached hydrogens (primary N) is 1. The summed E-state index contributed by atoms with van der Waals surface area (Å²) in [7, 11) is 0. The topological polar surface area (TPSA) is 38.0 Å². The lowest BCUT2D eigenvalue weighted by Gasteiger charge is -2.08. The average molecular weight is 227 g/mol. The van der Waals surface area contributed by atoms with Crippen LogP contribution in [-0.2, 0) is 0 Å². The first-order valence-corrected chi connectivity index (χ1v) is 5.90. The summed E-state index contributed by atoms with van der Waals surface area (Å²) >= 11 is 6.03. The minimum Gasteiger partial charge on any atom is -0.399 e. The maximum atomic E-state index is 6.03. The lowest BCUT2D eigenvalue weighted by Crippen LogP contribution is -2.02. The molecule has 0 bridgehead atoms. The van der Waals surface area contributed by atoms with E-state index in [1.165, 1.54) is 25.7 Å². The molecule has 0 fully saturated rings. The lowest BCUT2D eigenvalue weighted by atomic mass is 10.2. The van der Waals surface area contributed by atoms with E-state index in [4.69, 9.17) is 17.3 Å². The van der Waals surface area contributed by atoms with E-state index in [2.05, 4.69) is 12.2 Å². The van der Waals surface area contributed by atoms with Crippen molar-refractivity contribution in [2.75, 3.05) is 17.6 Å². The molecule has 0 atom stereocenters. The number of hydrogen-bond acceptors (Lipinski definition) is 2. The van der Waals surface area contributed by atoms with Gasteiger partial charge in [-0.05, 0) is 24.6 Å². The summed E-state index contributed by atoms with van der Waals surface area (Å²) in [6.45, 7) is 3.19. The first-order valence-electron chi connectivity index (χ1n) is 5.53. The number of halogens is 1. The lowest BCUT2D eigenvalue weighted by molar-refractivity contribution is 0.685. The van der Waals surface area contributed by atoms with E-state index >= 15 is 0 Å². The molecular weight excluding hydrogens is 208 g/mol. The van der Waals surface area contributed by atoms with Gasteiger partial charge in [-0.15, -0.1) is 0 Å². The maximum Gasteiger partial charge on any atom is 0.0657 e. The molecule has 1 aromatic rings. The van der Waals surface area contributed by atoms with Gasteiger partial charge >= 0.3 is 0 Å². The van der Waals surface area contributed by atoms with E-state index < -0.39 is 0 Å². The largest absolute Gasteiger partial charge is 0.399 e. The molecule has 0 aliphatic carbocycles. The van der Waals surface area contributed by atoms with Crippen molar-refractivity contribution in [2.24, 2.45) is 0 Å². The van der Waals surface area contributed by atoms with E-state index in [9.17, 15) is 0 Å². The van der Waals surface area contributed by atoms with E-state index in [0.717, 1.165) is 12.2 Å². The van der Waals surface area contributed by atoms with Crippen LogP contribution in [0.25, 0.3) is 0 Å². The van der Waals surface area contributed by atoms with E-state index in [0.29, 0.717) is 10.7 Å². The zero-order valence-corrected chi connectivity index (χ0v) is 9.98. The Hall–Kier alpha value is -0.890. The maximum absolute atomic E-state index is 6.03. The summed E-state index contributed by atoms with van der Waals surface area (Å²) < 4.78 is 0. The molecule has 0 saturated carbocycles. The van der Waals surface area contributed by atoms with Crippen LogP contribution in [0.5, 0.6) is 0 Å². The Morgan fingerprint density at radius 1 is 1.27 bits per heavy atom. The quantitative estimate of drug-likeness (QED) is 0.570. The first-order chi connectivity index (χ1) is 7.24. The molecule has 0 amide bonds. The second kappa shape index (κ2) is 6.57. The van der Waals surface area contributed by atoms with Crippen LogP contribution in [0, 0.1) is 0 Å². The van der Waals surface area contributed by atoms with Crippen molar-refractivity contribution in [3.05, 3.63) is 23.2 Å². The monoisotopic (exact) mass is 226 g/mol. The number of benzene rings is 1. The zero-order chi connectivity index (χ0) is 11.1. The van der Waals surface area contributed by atoms with Gasteiger partial charge in [0.15, 0.2) is 0 Å². The molecule has 0 heterocycles. The highest BCUT2D eigenvalue weighted by atomic mass is 35.5. The molecule has 1 aromatic carbocycles. The van der Waals surface area contributed by atoms with Gasteiger partial charge in [0.25, 0.3) is 0 Å². The van der Waals surface area contributed by atoms with E-state index in [1.807, 2.05) is 12.1 Å². The van der Waals surface area contributed by atoms with Crippen molar-refractivity contribution in [1.29, 1.82) is 0 Å². The SMILES string of the molecule is CCCCCCNc1ccc(N)cc1Cl. The third-order valence-electron chi connectivity index (χ3n) is 2.34. The Labute approximate surface area is 96.8 Å². The second-order valence-electron chi connectivity index (χ2n) is 3.73. The fourth-order valence-electron chi connectivity index (χ4n) is 1.45. The Balaban J connectivity index is 2.31. The van der Waals surface area contributed by atoms with Crippen molar-refractivity contribution < 1.29 is 0 Å². The predicted octanol–water partition coefficient (Wildman–Crippen LogP) is 3.91. The third kappa shape index (κ3) is 4.43. The molecule has 3 heteroatoms. The molecule has 84 valence electrons. The van der Waals surface area contributed by atoms with Gasteiger partial charge in [0.2, 0.25) is 0 Å². The number of anilines is 2. The summed E-state index contributed by atoms with van der Waals surface area (Å²) in [5, 5.41) is 4.01. The molecule has 3 N–H and O–H groups in total. The van der Waals surface area contributed by atoms with Crippen LogP contribution < -0.4 is 11.1 Å². The van der Waals surface area contributed by atoms with Gasteiger partial charge in [-0.2, -0.15) is 0 Å². The summed E-state index contributed by atoms with van der Waals surface area (Å²) in [5.74, 6) is 0. The van der Waals surface area contributed by atoms with Gasteiger partial charge in [-0.3, -0.25) is 0 Å². The Morgan fingerprint density at radius 2 is 2.07 bits per heavy atom. The van der Waals surface area contributed by atoms with Crippen molar-refractivity contribution >= 4 is 23.0 Å². The van der Waals surface area contributed by atoms with Crippen LogP contribution >= 0.6 is 11.6 Å². The molecule has 0 aliphatic rings. The minimum absolute atomic E-state index is 0.700. The molecule has 2 nitrogen and oxygen atoms in total. The van der Waals surface area contributed by atoms with Crippen LogP contribution in [0.15, 0.2) is 18.2 Å². The van der Waals surface area contributed by atoms with Crippen molar-refractivity contribution in [3.8, 4) is 0 Å². The first kappa shape index (κ1) is 12.2. The van der Waals surface area contributed by atoms with E-state index in [-0.39, 0.29) is 0 Å². The summed E-state index contributed by atoms with van der Waals surface area (Å²) in [6, 6.07) is 5.56. The van der Waals surface area contributed by atoms with Crippen molar-refractivity contribution in [2.45, 2.75) is 32.6 Å². The number of hydrogen-bond donors (Lipinski definition) is 2.